The number of hydrogen-bond acceptors (Lipinski definition) is 3. The summed E-state index contributed by atoms with van der Waals surface area (Å²) in [4.78, 5) is 12.0. The van der Waals surface area contributed by atoms with E-state index in [4.69, 9.17) is 5.26 Å². The molecule has 0 saturated carbocycles. The Hall–Kier alpha value is -2.80. The molecule has 4 heteroatoms. The van der Waals surface area contributed by atoms with Crippen molar-refractivity contribution in [2.45, 2.75) is 13.8 Å². The molecule has 2 aromatic carbocycles. The molecule has 0 aromatic heterocycles. The smallest absolute Gasteiger partial charge is 0.243 e. The fraction of sp³-hybridized carbons (Fsp3) is 0.176. The standard InChI is InChI=1S/C17H17N3O/c1-12-6-5-9-15(13(12)2)19-11-17(21)20-16-8-4-3-7-14(16)10-18/h3-9,19H,11H2,1-2H3,(H,20,21). The first-order valence-electron chi connectivity index (χ1n) is 6.71. The van der Waals surface area contributed by atoms with Crippen molar-refractivity contribution in [2.75, 3.05) is 17.2 Å². The van der Waals surface area contributed by atoms with Gasteiger partial charge in [0, 0.05) is 5.69 Å². The maximum atomic E-state index is 12.0. The zero-order valence-corrected chi connectivity index (χ0v) is 12.1. The van der Waals surface area contributed by atoms with Crippen LogP contribution < -0.4 is 10.6 Å². The number of nitrogens with zero attached hydrogens (tertiary/aromatic N) is 1. The quantitative estimate of drug-likeness (QED) is 0.903. The molecule has 21 heavy (non-hydrogen) atoms. The van der Waals surface area contributed by atoms with Gasteiger partial charge in [0.1, 0.15) is 6.07 Å². The van der Waals surface area contributed by atoms with Crippen LogP contribution in [0.25, 0.3) is 0 Å². The van der Waals surface area contributed by atoms with Crippen LogP contribution in [-0.2, 0) is 4.79 Å². The first kappa shape index (κ1) is 14.6. The number of nitrogens with one attached hydrogen (secondary N) is 2. The third kappa shape index (κ3) is 3.61. The van der Waals surface area contributed by atoms with Gasteiger partial charge in [-0.2, -0.15) is 5.26 Å². The Morgan fingerprint density at radius 2 is 1.81 bits per heavy atom. The maximum absolute atomic E-state index is 12.0. The largest absolute Gasteiger partial charge is 0.376 e. The fourth-order valence-corrected chi connectivity index (χ4v) is 2.00. The topological polar surface area (TPSA) is 64.9 Å². The number of nitriles is 1. The molecule has 2 rings (SSSR count). The summed E-state index contributed by atoms with van der Waals surface area (Å²) in [7, 11) is 0. The summed E-state index contributed by atoms with van der Waals surface area (Å²) in [6.07, 6.45) is 0. The second kappa shape index (κ2) is 6.58. The minimum absolute atomic E-state index is 0.157. The predicted octanol–water partition coefficient (Wildman–Crippen LogP) is 3.23. The molecule has 0 bridgehead atoms. The van der Waals surface area contributed by atoms with Gasteiger partial charge in [-0.05, 0) is 43.2 Å². The average molecular weight is 279 g/mol. The third-order valence-electron chi connectivity index (χ3n) is 3.37. The molecule has 1 amide bonds. The number of amides is 1. The molecule has 2 N–H and O–H groups in total. The summed E-state index contributed by atoms with van der Waals surface area (Å²) >= 11 is 0. The van der Waals surface area contributed by atoms with Crippen LogP contribution in [0.1, 0.15) is 16.7 Å². The van der Waals surface area contributed by atoms with Crippen LogP contribution in [-0.4, -0.2) is 12.5 Å². The van der Waals surface area contributed by atoms with Crippen LogP contribution in [0.3, 0.4) is 0 Å². The van der Waals surface area contributed by atoms with E-state index in [0.29, 0.717) is 11.3 Å². The van der Waals surface area contributed by atoms with Gasteiger partial charge in [-0.15, -0.1) is 0 Å². The highest BCUT2D eigenvalue weighted by Gasteiger charge is 2.07. The predicted molar refractivity (Wildman–Crippen MR) is 84.2 cm³/mol. The van der Waals surface area contributed by atoms with Gasteiger partial charge in [-0.25, -0.2) is 0 Å². The van der Waals surface area contributed by atoms with Crippen LogP contribution in [0.4, 0.5) is 11.4 Å². The number of aryl methyl sites for hydroxylation is 1. The molecule has 4 nitrogen and oxygen atoms in total. The van der Waals surface area contributed by atoms with Crippen molar-refractivity contribution in [1.82, 2.24) is 0 Å². The average Bonchev–Trinajstić information content (AvgIpc) is 2.49. The van der Waals surface area contributed by atoms with E-state index in [0.717, 1.165) is 11.3 Å². The molecule has 0 spiro atoms. The van der Waals surface area contributed by atoms with Gasteiger partial charge in [0.2, 0.25) is 5.91 Å². The lowest BCUT2D eigenvalue weighted by Gasteiger charge is -2.12. The third-order valence-corrected chi connectivity index (χ3v) is 3.37. The number of hydrogen-bond donors (Lipinski definition) is 2. The minimum atomic E-state index is -0.182. The van der Waals surface area contributed by atoms with Crippen molar-refractivity contribution >= 4 is 17.3 Å². The molecule has 0 fully saturated rings. The molecular formula is C17H17N3O. The molecule has 0 saturated heterocycles. The van der Waals surface area contributed by atoms with Crippen molar-refractivity contribution in [3.63, 3.8) is 0 Å². The van der Waals surface area contributed by atoms with Crippen LogP contribution >= 0.6 is 0 Å². The summed E-state index contributed by atoms with van der Waals surface area (Å²) in [6.45, 7) is 4.20. The van der Waals surface area contributed by atoms with Crippen LogP contribution in [0.2, 0.25) is 0 Å². The van der Waals surface area contributed by atoms with E-state index in [1.54, 1.807) is 24.3 Å². The number of anilines is 2. The Morgan fingerprint density at radius 1 is 1.10 bits per heavy atom. The van der Waals surface area contributed by atoms with E-state index in [1.807, 2.05) is 32.0 Å². The Kier molecular flexibility index (Phi) is 4.57. The van der Waals surface area contributed by atoms with Gasteiger partial charge in [0.15, 0.2) is 0 Å². The Balaban J connectivity index is 2.00. The lowest BCUT2D eigenvalue weighted by molar-refractivity contribution is -0.114. The Bertz CT molecular complexity index is 701. The Labute approximate surface area is 124 Å². The van der Waals surface area contributed by atoms with Crippen LogP contribution in [0, 0.1) is 25.2 Å². The molecule has 2 aromatic rings. The number of carbonyl (C=O) groups is 1. The first-order chi connectivity index (χ1) is 10.1. The SMILES string of the molecule is Cc1cccc(NCC(=O)Nc2ccccc2C#N)c1C. The molecule has 0 aliphatic heterocycles. The van der Waals surface area contributed by atoms with E-state index >= 15 is 0 Å². The fourth-order valence-electron chi connectivity index (χ4n) is 2.00. The summed E-state index contributed by atoms with van der Waals surface area (Å²) in [6, 6.07) is 14.9. The lowest BCUT2D eigenvalue weighted by atomic mass is 10.1. The van der Waals surface area contributed by atoms with Crippen molar-refractivity contribution in [3.05, 3.63) is 59.2 Å². The van der Waals surface area contributed by atoms with E-state index < -0.39 is 0 Å². The highest BCUT2D eigenvalue weighted by Crippen LogP contribution is 2.18. The molecule has 0 aliphatic carbocycles. The van der Waals surface area contributed by atoms with Gasteiger partial charge in [-0.1, -0.05) is 24.3 Å². The minimum Gasteiger partial charge on any atom is -0.376 e. The highest BCUT2D eigenvalue weighted by molar-refractivity contribution is 5.95. The van der Waals surface area contributed by atoms with Gasteiger partial charge >= 0.3 is 0 Å². The molecule has 0 unspecified atom stereocenters. The number of rotatable bonds is 4. The van der Waals surface area contributed by atoms with Gasteiger partial charge < -0.3 is 10.6 Å². The molecule has 0 atom stereocenters. The molecule has 106 valence electrons. The lowest BCUT2D eigenvalue weighted by Crippen LogP contribution is -2.22. The summed E-state index contributed by atoms with van der Waals surface area (Å²) in [5.74, 6) is -0.182. The first-order valence-corrected chi connectivity index (χ1v) is 6.71. The zero-order valence-electron chi connectivity index (χ0n) is 12.1. The van der Waals surface area contributed by atoms with Crippen molar-refractivity contribution in [2.24, 2.45) is 0 Å². The monoisotopic (exact) mass is 279 g/mol. The number of benzene rings is 2. The maximum Gasteiger partial charge on any atom is 0.243 e. The highest BCUT2D eigenvalue weighted by atomic mass is 16.1. The van der Waals surface area contributed by atoms with Gasteiger partial charge in [0.25, 0.3) is 0 Å². The summed E-state index contributed by atoms with van der Waals surface area (Å²) in [5.41, 5.74) is 4.24. The zero-order chi connectivity index (χ0) is 15.2. The van der Waals surface area contributed by atoms with E-state index in [9.17, 15) is 4.79 Å². The molecule has 0 heterocycles. The summed E-state index contributed by atoms with van der Waals surface area (Å²) < 4.78 is 0. The van der Waals surface area contributed by atoms with Gasteiger partial charge in [0.05, 0.1) is 17.8 Å². The number of para-hydroxylation sites is 1. The van der Waals surface area contributed by atoms with E-state index in [1.165, 1.54) is 5.56 Å². The van der Waals surface area contributed by atoms with E-state index in [2.05, 4.69) is 16.7 Å². The van der Waals surface area contributed by atoms with Crippen LogP contribution in [0.15, 0.2) is 42.5 Å². The Morgan fingerprint density at radius 3 is 2.57 bits per heavy atom. The molecular weight excluding hydrogens is 262 g/mol. The van der Waals surface area contributed by atoms with Gasteiger partial charge in [-0.3, -0.25) is 4.79 Å². The van der Waals surface area contributed by atoms with Crippen LogP contribution in [0.5, 0.6) is 0 Å². The van der Waals surface area contributed by atoms with Crippen molar-refractivity contribution in [1.29, 1.82) is 5.26 Å². The second-order valence-corrected chi connectivity index (χ2v) is 4.81. The normalized spacial score (nSPS) is 9.76. The van der Waals surface area contributed by atoms with Crippen molar-refractivity contribution in [3.8, 4) is 6.07 Å². The molecule has 0 aliphatic rings. The number of carbonyl (C=O) groups excluding carboxylic acids is 1. The second-order valence-electron chi connectivity index (χ2n) is 4.81. The van der Waals surface area contributed by atoms with Crippen molar-refractivity contribution < 1.29 is 4.79 Å². The molecule has 0 radical (unpaired) electrons. The summed E-state index contributed by atoms with van der Waals surface area (Å²) in [5, 5.41) is 14.8. The van der Waals surface area contributed by atoms with E-state index in [-0.39, 0.29) is 12.5 Å².